The number of hydrogen-bond acceptors (Lipinski definition) is 9. The third-order valence-corrected chi connectivity index (χ3v) is 10.8. The number of nitrogens with zero attached hydrogens (tertiary/aromatic N) is 7. The predicted octanol–water partition coefficient (Wildman–Crippen LogP) is 5.11. The highest BCUT2D eigenvalue weighted by atomic mass is 32.2. The maximum Gasteiger partial charge on any atom is 0.452 e. The number of ether oxygens (including phenoxy) is 1. The average Bonchev–Trinajstić information content (AvgIpc) is 3.44. The quantitative estimate of drug-likeness (QED) is 0.247. The van der Waals surface area contributed by atoms with Crippen LogP contribution in [0.1, 0.15) is 78.0 Å². The number of halogens is 3. The summed E-state index contributed by atoms with van der Waals surface area (Å²) in [5.41, 5.74) is 3.39. The highest BCUT2D eigenvalue weighted by Gasteiger charge is 2.40. The second kappa shape index (κ2) is 12.5. The molecule has 47 heavy (non-hydrogen) atoms. The van der Waals surface area contributed by atoms with E-state index < -0.39 is 33.9 Å². The Labute approximate surface area is 270 Å². The molecule has 1 fully saturated rings. The van der Waals surface area contributed by atoms with Gasteiger partial charge in [-0.15, -0.1) is 10.2 Å². The van der Waals surface area contributed by atoms with E-state index in [9.17, 15) is 26.4 Å². The molecule has 250 valence electrons. The van der Waals surface area contributed by atoms with E-state index in [0.29, 0.717) is 28.3 Å². The molecule has 6 heterocycles. The molecule has 2 aliphatic rings. The van der Waals surface area contributed by atoms with Gasteiger partial charge in [-0.25, -0.2) is 13.4 Å². The molecule has 2 atom stereocenters. The Balaban J connectivity index is 1.41. The second-order valence-electron chi connectivity index (χ2n) is 12.1. The summed E-state index contributed by atoms with van der Waals surface area (Å²) in [4.78, 5) is 24.6. The smallest absolute Gasteiger partial charge is 0.452 e. The van der Waals surface area contributed by atoms with Crippen molar-refractivity contribution in [3.05, 3.63) is 76.1 Å². The van der Waals surface area contributed by atoms with Gasteiger partial charge in [-0.1, -0.05) is 6.07 Å². The van der Waals surface area contributed by atoms with Gasteiger partial charge >= 0.3 is 12.1 Å². The van der Waals surface area contributed by atoms with Crippen LogP contribution in [0.5, 0.6) is 0 Å². The van der Waals surface area contributed by atoms with Crippen LogP contribution in [0, 0.1) is 20.8 Å². The van der Waals surface area contributed by atoms with Crippen molar-refractivity contribution < 1.29 is 31.1 Å². The molecule has 0 amide bonds. The summed E-state index contributed by atoms with van der Waals surface area (Å²) >= 11 is 0. The number of piperidine rings is 1. The van der Waals surface area contributed by atoms with Crippen molar-refractivity contribution in [2.75, 3.05) is 24.6 Å². The summed E-state index contributed by atoms with van der Waals surface area (Å²) in [6.45, 7) is 8.09. The van der Waals surface area contributed by atoms with E-state index in [0.717, 1.165) is 41.3 Å². The minimum atomic E-state index is -4.71. The van der Waals surface area contributed by atoms with Crippen molar-refractivity contribution in [3.8, 4) is 0 Å². The lowest BCUT2D eigenvalue weighted by Crippen LogP contribution is -2.45. The summed E-state index contributed by atoms with van der Waals surface area (Å²) in [6, 6.07) is 6.70. The van der Waals surface area contributed by atoms with E-state index >= 15 is 0 Å². The number of carbonyl (C=O) groups is 1. The van der Waals surface area contributed by atoms with E-state index in [1.165, 1.54) is 16.6 Å². The van der Waals surface area contributed by atoms with Crippen LogP contribution in [0.2, 0.25) is 0 Å². The largest absolute Gasteiger partial charge is 0.466 e. The Morgan fingerprint density at radius 3 is 2.66 bits per heavy atom. The molecular formula is C32H36F3N7O4S. The number of aromatic nitrogens is 5. The maximum atomic E-state index is 14.2. The summed E-state index contributed by atoms with van der Waals surface area (Å²) in [7, 11) is -3.96. The van der Waals surface area contributed by atoms with Crippen LogP contribution in [0.25, 0.3) is 5.65 Å². The van der Waals surface area contributed by atoms with Gasteiger partial charge in [0.1, 0.15) is 10.7 Å². The zero-order valence-electron chi connectivity index (χ0n) is 26.6. The first-order valence-electron chi connectivity index (χ1n) is 15.6. The van der Waals surface area contributed by atoms with Crippen molar-refractivity contribution in [1.82, 2.24) is 28.9 Å². The zero-order chi connectivity index (χ0) is 33.7. The molecule has 0 saturated carbocycles. The maximum absolute atomic E-state index is 14.2. The fourth-order valence-electron chi connectivity index (χ4n) is 6.57. The molecular weight excluding hydrogens is 635 g/mol. The topological polar surface area (TPSA) is 123 Å². The molecule has 6 rings (SSSR count). The highest BCUT2D eigenvalue weighted by molar-refractivity contribution is 7.89. The van der Waals surface area contributed by atoms with E-state index in [4.69, 9.17) is 9.72 Å². The van der Waals surface area contributed by atoms with Gasteiger partial charge in [-0.2, -0.15) is 17.5 Å². The fourth-order valence-corrected chi connectivity index (χ4v) is 8.24. The number of pyridine rings is 3. The minimum Gasteiger partial charge on any atom is -0.466 e. The molecule has 0 radical (unpaired) electrons. The lowest BCUT2D eigenvalue weighted by atomic mass is 9.89. The Hall–Kier alpha value is -4.11. The van der Waals surface area contributed by atoms with Crippen molar-refractivity contribution in [3.63, 3.8) is 0 Å². The van der Waals surface area contributed by atoms with E-state index in [1.807, 2.05) is 19.9 Å². The Kier molecular flexibility index (Phi) is 8.72. The van der Waals surface area contributed by atoms with Crippen molar-refractivity contribution in [2.24, 2.45) is 0 Å². The molecule has 0 aromatic carbocycles. The molecule has 15 heteroatoms. The Morgan fingerprint density at radius 2 is 1.91 bits per heavy atom. The zero-order valence-corrected chi connectivity index (χ0v) is 27.4. The molecule has 0 N–H and O–H groups in total. The van der Waals surface area contributed by atoms with Crippen LogP contribution in [0.4, 0.5) is 19.0 Å². The summed E-state index contributed by atoms with van der Waals surface area (Å²) < 4.78 is 76.7. The van der Waals surface area contributed by atoms with Crippen LogP contribution in [0.15, 0.2) is 41.6 Å². The number of alkyl halides is 3. The van der Waals surface area contributed by atoms with Crippen molar-refractivity contribution >= 4 is 27.5 Å². The van der Waals surface area contributed by atoms with Gasteiger partial charge in [0.2, 0.25) is 15.8 Å². The van der Waals surface area contributed by atoms with Gasteiger partial charge in [0, 0.05) is 43.1 Å². The van der Waals surface area contributed by atoms with Gasteiger partial charge in [-0.3, -0.25) is 14.2 Å². The van der Waals surface area contributed by atoms with Crippen LogP contribution < -0.4 is 4.90 Å². The third-order valence-electron chi connectivity index (χ3n) is 8.98. The number of aryl methyl sites for hydroxylation is 3. The summed E-state index contributed by atoms with van der Waals surface area (Å²) in [6.07, 6.45) is 0.848. The first-order chi connectivity index (χ1) is 22.3. The molecule has 4 aromatic rings. The molecule has 0 spiro atoms. The van der Waals surface area contributed by atoms with Gasteiger partial charge in [-0.05, 0) is 87.4 Å². The molecule has 0 bridgehead atoms. The third kappa shape index (κ3) is 6.18. The fraction of sp³-hybridized carbons (Fsp3) is 0.469. The molecule has 0 aliphatic carbocycles. The number of fused-ring (bicyclic) bond motifs is 4. The number of anilines is 1. The number of sulfonamides is 1. The van der Waals surface area contributed by atoms with E-state index in [-0.39, 0.29) is 42.7 Å². The normalized spacial score (nSPS) is 18.8. The van der Waals surface area contributed by atoms with Crippen molar-refractivity contribution in [2.45, 2.75) is 83.0 Å². The van der Waals surface area contributed by atoms with Crippen molar-refractivity contribution in [1.29, 1.82) is 0 Å². The van der Waals surface area contributed by atoms with Crippen LogP contribution in [-0.4, -0.2) is 69.0 Å². The first kappa shape index (κ1) is 32.8. The van der Waals surface area contributed by atoms with Crippen LogP contribution in [-0.2, 0) is 32.3 Å². The Morgan fingerprint density at radius 1 is 1.13 bits per heavy atom. The van der Waals surface area contributed by atoms with E-state index in [2.05, 4.69) is 20.1 Å². The summed E-state index contributed by atoms with van der Waals surface area (Å²) in [5, 5.41) is 7.17. The Bertz CT molecular complexity index is 1950. The second-order valence-corrected chi connectivity index (χ2v) is 14.1. The van der Waals surface area contributed by atoms with Gasteiger partial charge < -0.3 is 9.64 Å². The SMILES string of the molecule is CCOC(=O)CC(c1ccc(C)c(CN2C[C@@H]3CCCCN3c3ncc(C)cc3S2(=O)=O)n1)c1ccn2c(C(F)(F)F)nnc2c1C. The molecule has 1 unspecified atom stereocenters. The lowest BCUT2D eigenvalue weighted by molar-refractivity contribution is -0.145. The number of hydrogen-bond donors (Lipinski definition) is 0. The average molecular weight is 672 g/mol. The molecule has 1 saturated heterocycles. The first-order valence-corrected chi connectivity index (χ1v) is 17.0. The van der Waals surface area contributed by atoms with E-state index in [1.54, 1.807) is 32.2 Å². The monoisotopic (exact) mass is 671 g/mol. The molecule has 2 aliphatic heterocycles. The minimum absolute atomic E-state index is 0.00582. The van der Waals surface area contributed by atoms with Gasteiger partial charge in [0.25, 0.3) is 0 Å². The number of carbonyl (C=O) groups excluding carboxylic acids is 1. The molecule has 4 aromatic heterocycles. The number of rotatable bonds is 7. The summed E-state index contributed by atoms with van der Waals surface area (Å²) in [5.74, 6) is -1.90. The van der Waals surface area contributed by atoms with Gasteiger partial charge in [0.05, 0.1) is 25.3 Å². The predicted molar refractivity (Wildman–Crippen MR) is 166 cm³/mol. The van der Waals surface area contributed by atoms with Gasteiger partial charge in [0.15, 0.2) is 5.65 Å². The van der Waals surface area contributed by atoms with Crippen LogP contribution >= 0.6 is 0 Å². The number of esters is 1. The molecule has 11 nitrogen and oxygen atoms in total. The standard InChI is InChI=1S/C32H36F3N7O4S/c1-5-46-28(43)15-24(23-11-13-42-29(21(23)4)38-39-31(42)32(33,34)35)25-10-9-20(3)26(37-25)18-40-17-22-8-6-7-12-41(22)30-27(47(40,44)45)14-19(2)16-36-30/h9-11,13-14,16,22,24H,5-8,12,15,17-18H2,1-4H3/t22-,24?/m0/s1. The van der Waals surface area contributed by atoms with Crippen LogP contribution in [0.3, 0.4) is 0 Å². The lowest BCUT2D eigenvalue weighted by Gasteiger charge is -2.36. The highest BCUT2D eigenvalue weighted by Crippen LogP contribution is 2.37.